The lowest BCUT2D eigenvalue weighted by Crippen LogP contribution is -2.46. The van der Waals surface area contributed by atoms with Crippen LogP contribution < -0.4 is 10.6 Å². The zero-order chi connectivity index (χ0) is 22.8. The first-order valence-corrected chi connectivity index (χ1v) is 11.0. The van der Waals surface area contributed by atoms with Crippen molar-refractivity contribution in [2.75, 3.05) is 11.5 Å². The lowest BCUT2D eigenvalue weighted by Gasteiger charge is -2.42. The van der Waals surface area contributed by atoms with Gasteiger partial charge in [-0.05, 0) is 53.1 Å². The highest BCUT2D eigenvalue weighted by Crippen LogP contribution is 2.44. The SMILES string of the molecule is NC(=O)Cc1ccc(Cl)cc1N1C(=O)CO[C@H](c2ccc(Cl)cc2)[C@@H]1c1ccc(Cl)cc1. The van der Waals surface area contributed by atoms with E-state index in [1.54, 1.807) is 47.4 Å². The van der Waals surface area contributed by atoms with Crippen LogP contribution in [-0.2, 0) is 20.7 Å². The summed E-state index contributed by atoms with van der Waals surface area (Å²) in [6.45, 7) is -0.139. The van der Waals surface area contributed by atoms with Crippen molar-refractivity contribution in [3.8, 4) is 0 Å². The molecular formula is C24H19Cl3N2O3. The minimum Gasteiger partial charge on any atom is -0.369 e. The number of halogens is 3. The molecule has 8 heteroatoms. The van der Waals surface area contributed by atoms with Crippen LogP contribution >= 0.6 is 34.8 Å². The number of primary amides is 1. The second-order valence-electron chi connectivity index (χ2n) is 7.46. The third-order valence-corrected chi connectivity index (χ3v) is 6.04. The molecule has 3 aromatic rings. The van der Waals surface area contributed by atoms with E-state index in [2.05, 4.69) is 0 Å². The number of ether oxygens (including phenoxy) is 1. The van der Waals surface area contributed by atoms with Crippen LogP contribution in [0.15, 0.2) is 66.7 Å². The van der Waals surface area contributed by atoms with Crippen LogP contribution in [0.2, 0.25) is 15.1 Å². The molecule has 3 aromatic carbocycles. The van der Waals surface area contributed by atoms with Crippen molar-refractivity contribution in [1.82, 2.24) is 0 Å². The highest BCUT2D eigenvalue weighted by Gasteiger charge is 2.40. The van der Waals surface area contributed by atoms with E-state index in [-0.39, 0.29) is 18.9 Å². The Morgan fingerprint density at radius 3 is 2.06 bits per heavy atom. The summed E-state index contributed by atoms with van der Waals surface area (Å²) in [5, 5.41) is 1.60. The largest absolute Gasteiger partial charge is 0.369 e. The average Bonchev–Trinajstić information content (AvgIpc) is 2.76. The summed E-state index contributed by atoms with van der Waals surface area (Å²) in [5.74, 6) is -0.769. The molecule has 0 radical (unpaired) electrons. The van der Waals surface area contributed by atoms with Crippen LogP contribution in [0.5, 0.6) is 0 Å². The summed E-state index contributed by atoms with van der Waals surface area (Å²) in [6, 6.07) is 19.0. The summed E-state index contributed by atoms with van der Waals surface area (Å²) >= 11 is 18.5. The first-order chi connectivity index (χ1) is 15.3. The number of carbonyl (C=O) groups is 2. The number of morpholine rings is 1. The zero-order valence-electron chi connectivity index (χ0n) is 16.8. The lowest BCUT2D eigenvalue weighted by molar-refractivity contribution is -0.132. The molecular weight excluding hydrogens is 471 g/mol. The fourth-order valence-corrected chi connectivity index (χ4v) is 4.33. The van der Waals surface area contributed by atoms with Gasteiger partial charge in [-0.1, -0.05) is 65.1 Å². The lowest BCUT2D eigenvalue weighted by atomic mass is 9.91. The van der Waals surface area contributed by atoms with Crippen molar-refractivity contribution in [2.24, 2.45) is 5.73 Å². The molecule has 1 aliphatic rings. The minimum absolute atomic E-state index is 0.0317. The maximum Gasteiger partial charge on any atom is 0.253 e. The van der Waals surface area contributed by atoms with Gasteiger partial charge in [-0.25, -0.2) is 0 Å². The Morgan fingerprint density at radius 1 is 0.906 bits per heavy atom. The van der Waals surface area contributed by atoms with Crippen molar-refractivity contribution >= 4 is 52.3 Å². The summed E-state index contributed by atoms with van der Waals surface area (Å²) in [4.78, 5) is 26.6. The number of benzene rings is 3. The number of hydrogen-bond acceptors (Lipinski definition) is 3. The maximum atomic E-state index is 13.2. The van der Waals surface area contributed by atoms with Gasteiger partial charge in [-0.15, -0.1) is 0 Å². The predicted octanol–water partition coefficient (Wildman–Crippen LogP) is 5.52. The van der Waals surface area contributed by atoms with Gasteiger partial charge in [0.25, 0.3) is 5.91 Å². The quantitative estimate of drug-likeness (QED) is 0.513. The third kappa shape index (κ3) is 4.76. The van der Waals surface area contributed by atoms with Crippen LogP contribution in [0.25, 0.3) is 0 Å². The van der Waals surface area contributed by atoms with Crippen molar-refractivity contribution in [1.29, 1.82) is 0 Å². The molecule has 0 saturated carbocycles. The Labute approximate surface area is 200 Å². The van der Waals surface area contributed by atoms with E-state index in [0.717, 1.165) is 11.1 Å². The van der Waals surface area contributed by atoms with Crippen LogP contribution in [0.1, 0.15) is 28.8 Å². The van der Waals surface area contributed by atoms with E-state index in [1.807, 2.05) is 24.3 Å². The van der Waals surface area contributed by atoms with Crippen molar-refractivity contribution in [2.45, 2.75) is 18.6 Å². The second kappa shape index (κ2) is 9.51. The molecule has 32 heavy (non-hydrogen) atoms. The van der Waals surface area contributed by atoms with Gasteiger partial charge in [0.05, 0.1) is 12.5 Å². The molecule has 5 nitrogen and oxygen atoms in total. The first kappa shape index (κ1) is 22.6. The maximum absolute atomic E-state index is 13.2. The smallest absolute Gasteiger partial charge is 0.253 e. The minimum atomic E-state index is -0.542. The zero-order valence-corrected chi connectivity index (χ0v) is 19.1. The summed E-state index contributed by atoms with van der Waals surface area (Å²) < 4.78 is 6.02. The summed E-state index contributed by atoms with van der Waals surface area (Å²) in [7, 11) is 0. The van der Waals surface area contributed by atoms with E-state index < -0.39 is 18.1 Å². The number of amides is 2. The number of nitrogens with zero attached hydrogens (tertiary/aromatic N) is 1. The third-order valence-electron chi connectivity index (χ3n) is 5.30. The van der Waals surface area contributed by atoms with Crippen LogP contribution in [-0.4, -0.2) is 18.4 Å². The molecule has 0 bridgehead atoms. The van der Waals surface area contributed by atoms with E-state index in [9.17, 15) is 9.59 Å². The van der Waals surface area contributed by atoms with Gasteiger partial charge >= 0.3 is 0 Å². The molecule has 0 unspecified atom stereocenters. The fourth-order valence-electron chi connectivity index (χ4n) is 3.91. The molecule has 1 saturated heterocycles. The number of anilines is 1. The average molecular weight is 490 g/mol. The molecule has 1 fully saturated rings. The molecule has 2 amide bonds. The topological polar surface area (TPSA) is 72.6 Å². The van der Waals surface area contributed by atoms with Crippen molar-refractivity contribution < 1.29 is 14.3 Å². The second-order valence-corrected chi connectivity index (χ2v) is 8.77. The predicted molar refractivity (Wildman–Crippen MR) is 126 cm³/mol. The monoisotopic (exact) mass is 488 g/mol. The van der Waals surface area contributed by atoms with Crippen LogP contribution in [0.4, 0.5) is 5.69 Å². The molecule has 164 valence electrons. The molecule has 2 atom stereocenters. The molecule has 2 N–H and O–H groups in total. The normalized spacial score (nSPS) is 18.6. The van der Waals surface area contributed by atoms with Gasteiger partial charge in [0, 0.05) is 20.8 Å². The van der Waals surface area contributed by atoms with E-state index in [4.69, 9.17) is 45.3 Å². The Hall–Kier alpha value is -2.57. The van der Waals surface area contributed by atoms with Crippen LogP contribution in [0, 0.1) is 0 Å². The van der Waals surface area contributed by atoms with Gasteiger partial charge < -0.3 is 10.5 Å². The molecule has 1 aliphatic heterocycles. The molecule has 0 spiro atoms. The van der Waals surface area contributed by atoms with Gasteiger partial charge in [-0.3, -0.25) is 14.5 Å². The Morgan fingerprint density at radius 2 is 1.47 bits per heavy atom. The number of carbonyl (C=O) groups excluding carboxylic acids is 2. The van der Waals surface area contributed by atoms with Gasteiger partial charge in [-0.2, -0.15) is 0 Å². The Bertz CT molecular complexity index is 1150. The number of hydrogen-bond donors (Lipinski definition) is 1. The van der Waals surface area contributed by atoms with Crippen molar-refractivity contribution in [3.05, 3.63) is 98.5 Å². The first-order valence-electron chi connectivity index (χ1n) is 9.85. The Kier molecular flexibility index (Phi) is 6.72. The van der Waals surface area contributed by atoms with Gasteiger partial charge in [0.1, 0.15) is 12.7 Å². The standard InChI is InChI=1S/C24H19Cl3N2O3/c25-17-6-1-14(2-7-17)23-24(15-3-8-18(26)9-4-15)32-13-22(31)29(23)20-12-19(27)10-5-16(20)11-21(28)30/h1-10,12,23-24H,11,13H2,(H2,28,30)/t23-,24+/m0/s1. The van der Waals surface area contributed by atoms with Crippen LogP contribution in [0.3, 0.4) is 0 Å². The Balaban J connectivity index is 1.89. The van der Waals surface area contributed by atoms with E-state index in [0.29, 0.717) is 26.3 Å². The van der Waals surface area contributed by atoms with Crippen molar-refractivity contribution in [3.63, 3.8) is 0 Å². The number of nitrogens with two attached hydrogens (primary N) is 1. The van der Waals surface area contributed by atoms with E-state index in [1.165, 1.54) is 0 Å². The summed E-state index contributed by atoms with van der Waals surface area (Å²) in [6.07, 6.45) is -0.526. The van der Waals surface area contributed by atoms with Gasteiger partial charge in [0.15, 0.2) is 0 Å². The highest BCUT2D eigenvalue weighted by atomic mass is 35.5. The number of rotatable bonds is 5. The highest BCUT2D eigenvalue weighted by molar-refractivity contribution is 6.31. The molecule has 0 aliphatic carbocycles. The fraction of sp³-hybridized carbons (Fsp3) is 0.167. The molecule has 4 rings (SSSR count). The van der Waals surface area contributed by atoms with E-state index >= 15 is 0 Å². The molecule has 0 aromatic heterocycles. The summed E-state index contributed by atoms with van der Waals surface area (Å²) in [5.41, 5.74) is 8.25. The molecule has 1 heterocycles. The van der Waals surface area contributed by atoms with Gasteiger partial charge in [0.2, 0.25) is 5.91 Å².